The Kier molecular flexibility index (Phi) is 5.15. The molecule has 0 unspecified atom stereocenters. The van der Waals surface area contributed by atoms with Gasteiger partial charge in [-0.1, -0.05) is 12.8 Å². The van der Waals surface area contributed by atoms with E-state index in [1.165, 1.54) is 34.9 Å². The van der Waals surface area contributed by atoms with Gasteiger partial charge in [0.25, 0.3) is 0 Å². The number of ether oxygens (including phenoxy) is 1. The third kappa shape index (κ3) is 3.41. The second-order valence-corrected chi connectivity index (χ2v) is 6.76. The van der Waals surface area contributed by atoms with E-state index in [1.54, 1.807) is 0 Å². The van der Waals surface area contributed by atoms with Crippen molar-refractivity contribution in [3.63, 3.8) is 0 Å². The van der Waals surface area contributed by atoms with E-state index in [1.807, 2.05) is 0 Å². The fourth-order valence-corrected chi connectivity index (χ4v) is 3.98. The Balaban J connectivity index is 1.94. The first-order valence-corrected chi connectivity index (χ1v) is 9.01. The molecule has 1 saturated heterocycles. The third-order valence-electron chi connectivity index (χ3n) is 4.25. The lowest BCUT2D eigenvalue weighted by atomic mass is 10.0. The highest BCUT2D eigenvalue weighted by molar-refractivity contribution is 14.1. The van der Waals surface area contributed by atoms with Gasteiger partial charge in [0, 0.05) is 25.6 Å². The molecule has 1 aromatic rings. The van der Waals surface area contributed by atoms with Crippen molar-refractivity contribution in [2.75, 3.05) is 43.1 Å². The Hall–Kier alpha value is -0.630. The molecule has 116 valence electrons. The summed E-state index contributed by atoms with van der Waals surface area (Å²) < 4.78 is 6.65. The Bertz CT molecular complexity index is 485. The van der Waals surface area contributed by atoms with Crippen LogP contribution >= 0.6 is 22.6 Å². The number of rotatable bonds is 4. The van der Waals surface area contributed by atoms with Gasteiger partial charge in [-0.3, -0.25) is 0 Å². The fraction of sp³-hybridized carbons (Fsp3) is 0.733. The number of morpholine rings is 1. The van der Waals surface area contributed by atoms with Gasteiger partial charge < -0.3 is 15.0 Å². The summed E-state index contributed by atoms with van der Waals surface area (Å²) in [6.45, 7) is 6.31. The maximum Gasteiger partial charge on any atom is 0.227 e. The maximum absolute atomic E-state index is 5.44. The standard InChI is InChI=1S/C15H23IN4O/c1-2-17-14-12(16)13(11-5-3-4-6-11)18-15(19-14)20-7-9-21-10-8-20/h11H,2-10H2,1H3,(H,17,18,19). The lowest BCUT2D eigenvalue weighted by Gasteiger charge is -2.28. The molecule has 21 heavy (non-hydrogen) atoms. The Morgan fingerprint density at radius 1 is 1.24 bits per heavy atom. The molecule has 1 aliphatic carbocycles. The van der Waals surface area contributed by atoms with Gasteiger partial charge in [-0.2, -0.15) is 4.98 Å². The summed E-state index contributed by atoms with van der Waals surface area (Å²) in [6.07, 6.45) is 5.19. The lowest BCUT2D eigenvalue weighted by molar-refractivity contribution is 0.122. The van der Waals surface area contributed by atoms with Gasteiger partial charge in [-0.05, 0) is 42.4 Å². The van der Waals surface area contributed by atoms with Crippen LogP contribution in [0.25, 0.3) is 0 Å². The summed E-state index contributed by atoms with van der Waals surface area (Å²) in [6, 6.07) is 0. The zero-order chi connectivity index (χ0) is 14.7. The molecule has 1 aromatic heterocycles. The first kappa shape index (κ1) is 15.3. The highest BCUT2D eigenvalue weighted by atomic mass is 127. The second-order valence-electron chi connectivity index (χ2n) is 5.68. The molecule has 0 bridgehead atoms. The van der Waals surface area contributed by atoms with Crippen molar-refractivity contribution >= 4 is 34.4 Å². The quantitative estimate of drug-likeness (QED) is 0.785. The first-order chi connectivity index (χ1) is 10.3. The number of nitrogens with one attached hydrogen (secondary N) is 1. The number of aromatic nitrogens is 2. The van der Waals surface area contributed by atoms with Crippen molar-refractivity contribution < 1.29 is 4.74 Å². The molecular weight excluding hydrogens is 379 g/mol. The smallest absolute Gasteiger partial charge is 0.227 e. The molecule has 0 atom stereocenters. The normalized spacial score (nSPS) is 20.0. The van der Waals surface area contributed by atoms with E-state index in [0.717, 1.165) is 44.6 Å². The molecule has 0 radical (unpaired) electrons. The Labute approximate surface area is 140 Å². The minimum absolute atomic E-state index is 0.608. The van der Waals surface area contributed by atoms with Crippen LogP contribution in [0.4, 0.5) is 11.8 Å². The van der Waals surface area contributed by atoms with Crippen LogP contribution in [-0.4, -0.2) is 42.8 Å². The minimum atomic E-state index is 0.608. The molecule has 0 spiro atoms. The number of nitrogens with zero attached hydrogens (tertiary/aromatic N) is 3. The number of hydrogen-bond donors (Lipinski definition) is 1. The van der Waals surface area contributed by atoms with Crippen LogP contribution in [0, 0.1) is 3.57 Å². The highest BCUT2D eigenvalue weighted by Crippen LogP contribution is 2.37. The third-order valence-corrected chi connectivity index (χ3v) is 5.31. The predicted octanol–water partition coefficient (Wildman–Crippen LogP) is 3.01. The zero-order valence-corrected chi connectivity index (χ0v) is 14.7. The van der Waals surface area contributed by atoms with E-state index < -0.39 is 0 Å². The number of halogens is 1. The summed E-state index contributed by atoms with van der Waals surface area (Å²) in [5.74, 6) is 2.48. The maximum atomic E-state index is 5.44. The van der Waals surface area contributed by atoms with Crippen LogP contribution in [-0.2, 0) is 4.74 Å². The molecule has 2 fully saturated rings. The highest BCUT2D eigenvalue weighted by Gasteiger charge is 2.25. The van der Waals surface area contributed by atoms with Crippen molar-refractivity contribution in [1.82, 2.24) is 9.97 Å². The molecule has 2 aliphatic rings. The van der Waals surface area contributed by atoms with Gasteiger partial charge in [0.1, 0.15) is 5.82 Å². The molecular formula is C15H23IN4O. The van der Waals surface area contributed by atoms with Crippen LogP contribution in [0.3, 0.4) is 0 Å². The van der Waals surface area contributed by atoms with E-state index in [9.17, 15) is 0 Å². The average Bonchev–Trinajstić information content (AvgIpc) is 3.04. The van der Waals surface area contributed by atoms with Crippen molar-refractivity contribution in [3.05, 3.63) is 9.26 Å². The summed E-state index contributed by atoms with van der Waals surface area (Å²) in [7, 11) is 0. The van der Waals surface area contributed by atoms with Crippen molar-refractivity contribution in [3.8, 4) is 0 Å². The van der Waals surface area contributed by atoms with Gasteiger partial charge in [-0.25, -0.2) is 4.98 Å². The van der Waals surface area contributed by atoms with Crippen LogP contribution in [0.1, 0.15) is 44.2 Å². The van der Waals surface area contributed by atoms with E-state index in [0.29, 0.717) is 5.92 Å². The summed E-state index contributed by atoms with van der Waals surface area (Å²) in [5, 5.41) is 3.40. The molecule has 1 aliphatic heterocycles. The minimum Gasteiger partial charge on any atom is -0.378 e. The molecule has 0 aromatic carbocycles. The van der Waals surface area contributed by atoms with Gasteiger partial charge >= 0.3 is 0 Å². The molecule has 0 amide bonds. The summed E-state index contributed by atoms with van der Waals surface area (Å²) in [5.41, 5.74) is 1.25. The van der Waals surface area contributed by atoms with Crippen molar-refractivity contribution in [2.45, 2.75) is 38.5 Å². The topological polar surface area (TPSA) is 50.3 Å². The van der Waals surface area contributed by atoms with Crippen molar-refractivity contribution in [2.24, 2.45) is 0 Å². The summed E-state index contributed by atoms with van der Waals surface area (Å²) >= 11 is 2.41. The van der Waals surface area contributed by atoms with E-state index in [4.69, 9.17) is 14.7 Å². The first-order valence-electron chi connectivity index (χ1n) is 7.93. The van der Waals surface area contributed by atoms with Gasteiger partial charge in [0.05, 0.1) is 22.5 Å². The van der Waals surface area contributed by atoms with Crippen LogP contribution < -0.4 is 10.2 Å². The van der Waals surface area contributed by atoms with Crippen LogP contribution in [0.15, 0.2) is 0 Å². The van der Waals surface area contributed by atoms with Gasteiger partial charge in [0.2, 0.25) is 5.95 Å². The molecule has 1 saturated carbocycles. The average molecular weight is 402 g/mol. The zero-order valence-electron chi connectivity index (χ0n) is 12.6. The van der Waals surface area contributed by atoms with Crippen LogP contribution in [0.5, 0.6) is 0 Å². The van der Waals surface area contributed by atoms with E-state index in [-0.39, 0.29) is 0 Å². The largest absolute Gasteiger partial charge is 0.378 e. The Morgan fingerprint density at radius 3 is 2.62 bits per heavy atom. The molecule has 5 nitrogen and oxygen atoms in total. The Morgan fingerprint density at radius 2 is 1.95 bits per heavy atom. The SMILES string of the molecule is CCNc1nc(N2CCOCC2)nc(C2CCCC2)c1I. The predicted molar refractivity (Wildman–Crippen MR) is 93.2 cm³/mol. The monoisotopic (exact) mass is 402 g/mol. The summed E-state index contributed by atoms with van der Waals surface area (Å²) in [4.78, 5) is 11.9. The van der Waals surface area contributed by atoms with Crippen LogP contribution in [0.2, 0.25) is 0 Å². The molecule has 2 heterocycles. The number of hydrogen-bond acceptors (Lipinski definition) is 5. The fourth-order valence-electron chi connectivity index (χ4n) is 3.11. The molecule has 3 rings (SSSR count). The number of anilines is 2. The van der Waals surface area contributed by atoms with Crippen molar-refractivity contribution in [1.29, 1.82) is 0 Å². The van der Waals surface area contributed by atoms with E-state index in [2.05, 4.69) is 39.7 Å². The molecule has 6 heteroatoms. The van der Waals surface area contributed by atoms with E-state index >= 15 is 0 Å². The second kappa shape index (κ2) is 7.09. The van der Waals surface area contributed by atoms with Gasteiger partial charge in [-0.15, -0.1) is 0 Å². The molecule has 1 N–H and O–H groups in total. The van der Waals surface area contributed by atoms with Gasteiger partial charge in [0.15, 0.2) is 0 Å². The lowest BCUT2D eigenvalue weighted by Crippen LogP contribution is -2.37.